The van der Waals surface area contributed by atoms with Crippen LogP contribution in [0, 0.1) is 0 Å². The fraction of sp³-hybridized carbons (Fsp3) is 0.0952. The summed E-state index contributed by atoms with van der Waals surface area (Å²) in [6.07, 6.45) is -0.374. The number of rotatable bonds is 4. The van der Waals surface area contributed by atoms with Crippen LogP contribution >= 0.6 is 34.8 Å². The van der Waals surface area contributed by atoms with E-state index >= 15 is 0 Å². The molecular formula is C21H15Cl3N2O. The van der Waals surface area contributed by atoms with Crippen LogP contribution in [0.5, 0.6) is 0 Å². The van der Waals surface area contributed by atoms with Crippen LogP contribution in [0.3, 0.4) is 0 Å². The largest absolute Gasteiger partial charge is 0.360 e. The lowest BCUT2D eigenvalue weighted by atomic mass is 10.1. The third kappa shape index (κ3) is 3.51. The molecule has 0 aliphatic carbocycles. The van der Waals surface area contributed by atoms with E-state index in [0.717, 1.165) is 11.1 Å². The monoisotopic (exact) mass is 416 g/mol. The van der Waals surface area contributed by atoms with Crippen LogP contribution in [0.15, 0.2) is 66.7 Å². The molecule has 27 heavy (non-hydrogen) atoms. The van der Waals surface area contributed by atoms with Gasteiger partial charge in [-0.1, -0.05) is 71.2 Å². The van der Waals surface area contributed by atoms with Crippen molar-refractivity contribution in [1.82, 2.24) is 4.90 Å². The highest BCUT2D eigenvalue weighted by atomic mass is 35.5. The molecule has 0 saturated carbocycles. The molecule has 3 aromatic carbocycles. The number of hydrogen-bond acceptors (Lipinski definition) is 2. The number of halogens is 3. The minimum Gasteiger partial charge on any atom is -0.360 e. The van der Waals surface area contributed by atoms with Crippen molar-refractivity contribution in [2.24, 2.45) is 0 Å². The zero-order valence-electron chi connectivity index (χ0n) is 14.1. The van der Waals surface area contributed by atoms with E-state index in [1.807, 2.05) is 48.5 Å². The predicted octanol–water partition coefficient (Wildman–Crippen LogP) is 6.41. The van der Waals surface area contributed by atoms with E-state index in [1.165, 1.54) is 0 Å². The number of carbonyl (C=O) groups excluding carboxylic acids is 1. The van der Waals surface area contributed by atoms with E-state index in [9.17, 15) is 4.79 Å². The van der Waals surface area contributed by atoms with Crippen molar-refractivity contribution in [3.05, 3.63) is 98.5 Å². The molecule has 6 heteroatoms. The summed E-state index contributed by atoms with van der Waals surface area (Å²) >= 11 is 18.8. The minimum absolute atomic E-state index is 0.0545. The first kappa shape index (κ1) is 18.2. The molecule has 4 rings (SSSR count). The van der Waals surface area contributed by atoms with Crippen molar-refractivity contribution in [2.75, 3.05) is 5.32 Å². The van der Waals surface area contributed by atoms with Crippen LogP contribution in [0.25, 0.3) is 0 Å². The molecule has 0 unspecified atom stereocenters. The SMILES string of the molecule is O=C1c2ccccc2[C@@H](Nc2cc(Cl)ccc2Cl)N1Cc1ccccc1Cl. The van der Waals surface area contributed by atoms with Gasteiger partial charge in [-0.05, 0) is 35.9 Å². The lowest BCUT2D eigenvalue weighted by Crippen LogP contribution is -2.32. The molecule has 3 nitrogen and oxygen atoms in total. The second-order valence-electron chi connectivity index (χ2n) is 6.28. The van der Waals surface area contributed by atoms with E-state index in [4.69, 9.17) is 34.8 Å². The molecule has 0 fully saturated rings. The summed E-state index contributed by atoms with van der Waals surface area (Å²) in [5.74, 6) is -0.0545. The first-order chi connectivity index (χ1) is 13.0. The van der Waals surface area contributed by atoms with Gasteiger partial charge in [0.05, 0.1) is 10.7 Å². The number of fused-ring (bicyclic) bond motifs is 1. The topological polar surface area (TPSA) is 32.3 Å². The van der Waals surface area contributed by atoms with Crippen LogP contribution in [0.4, 0.5) is 5.69 Å². The van der Waals surface area contributed by atoms with Gasteiger partial charge in [0.15, 0.2) is 0 Å². The van der Waals surface area contributed by atoms with E-state index in [1.54, 1.807) is 23.1 Å². The average molecular weight is 418 g/mol. The van der Waals surface area contributed by atoms with Crippen LogP contribution in [0.2, 0.25) is 15.1 Å². The molecule has 1 heterocycles. The van der Waals surface area contributed by atoms with Crippen molar-refractivity contribution in [3.63, 3.8) is 0 Å². The fourth-order valence-electron chi connectivity index (χ4n) is 3.25. The lowest BCUT2D eigenvalue weighted by Gasteiger charge is -2.28. The van der Waals surface area contributed by atoms with Crippen molar-refractivity contribution in [1.29, 1.82) is 0 Å². The standard InChI is InChI=1S/C21H15Cl3N2O/c22-14-9-10-18(24)19(11-14)25-20-15-6-2-3-7-16(15)21(27)26(20)12-13-5-1-4-8-17(13)23/h1-11,20,25H,12H2/t20-/m0/s1. The molecule has 0 bridgehead atoms. The summed E-state index contributed by atoms with van der Waals surface area (Å²) in [6.45, 7) is 0.378. The highest BCUT2D eigenvalue weighted by molar-refractivity contribution is 6.35. The van der Waals surface area contributed by atoms with Gasteiger partial charge < -0.3 is 10.2 Å². The smallest absolute Gasteiger partial charge is 0.256 e. The quantitative estimate of drug-likeness (QED) is 0.531. The van der Waals surface area contributed by atoms with E-state index in [-0.39, 0.29) is 12.1 Å². The van der Waals surface area contributed by atoms with Gasteiger partial charge in [0, 0.05) is 27.7 Å². The van der Waals surface area contributed by atoms with Gasteiger partial charge in [0.2, 0.25) is 0 Å². The number of benzene rings is 3. The molecule has 1 atom stereocenters. The van der Waals surface area contributed by atoms with Gasteiger partial charge >= 0.3 is 0 Å². The van der Waals surface area contributed by atoms with Gasteiger partial charge in [-0.3, -0.25) is 4.79 Å². The summed E-state index contributed by atoms with van der Waals surface area (Å²) in [5, 5.41) is 5.10. The highest BCUT2D eigenvalue weighted by Crippen LogP contribution is 2.38. The normalized spacial score (nSPS) is 15.7. The number of anilines is 1. The number of hydrogen-bond donors (Lipinski definition) is 1. The first-order valence-electron chi connectivity index (χ1n) is 8.39. The Morgan fingerprint density at radius 2 is 1.63 bits per heavy atom. The number of carbonyl (C=O) groups is 1. The number of nitrogens with zero attached hydrogens (tertiary/aromatic N) is 1. The van der Waals surface area contributed by atoms with Gasteiger partial charge in [-0.25, -0.2) is 0 Å². The second-order valence-corrected chi connectivity index (χ2v) is 7.53. The minimum atomic E-state index is -0.374. The van der Waals surface area contributed by atoms with Gasteiger partial charge in [-0.2, -0.15) is 0 Å². The molecular weight excluding hydrogens is 403 g/mol. The first-order valence-corrected chi connectivity index (χ1v) is 9.53. The fourth-order valence-corrected chi connectivity index (χ4v) is 3.79. The Morgan fingerprint density at radius 1 is 0.889 bits per heavy atom. The maximum atomic E-state index is 13.0. The molecule has 1 aliphatic heterocycles. The van der Waals surface area contributed by atoms with Gasteiger partial charge in [0.1, 0.15) is 6.17 Å². The van der Waals surface area contributed by atoms with Crippen LogP contribution in [-0.4, -0.2) is 10.8 Å². The third-order valence-corrected chi connectivity index (χ3v) is 5.51. The number of amides is 1. The molecule has 0 spiro atoms. The second kappa shape index (κ2) is 7.43. The van der Waals surface area contributed by atoms with Crippen LogP contribution in [-0.2, 0) is 6.54 Å². The Bertz CT molecular complexity index is 1020. The Morgan fingerprint density at radius 3 is 2.44 bits per heavy atom. The van der Waals surface area contributed by atoms with E-state index in [0.29, 0.717) is 32.9 Å². The zero-order valence-corrected chi connectivity index (χ0v) is 16.4. The molecule has 1 amide bonds. The molecule has 136 valence electrons. The van der Waals surface area contributed by atoms with Gasteiger partial charge in [0.25, 0.3) is 5.91 Å². The molecule has 0 saturated heterocycles. The van der Waals surface area contributed by atoms with Crippen LogP contribution in [0.1, 0.15) is 27.7 Å². The van der Waals surface area contributed by atoms with E-state index < -0.39 is 0 Å². The zero-order chi connectivity index (χ0) is 19.0. The Kier molecular flexibility index (Phi) is 5.00. The maximum absolute atomic E-state index is 13.0. The van der Waals surface area contributed by atoms with Gasteiger partial charge in [-0.15, -0.1) is 0 Å². The Labute approximate surface area is 172 Å². The summed E-state index contributed by atoms with van der Waals surface area (Å²) < 4.78 is 0. The van der Waals surface area contributed by atoms with Crippen molar-refractivity contribution >= 4 is 46.4 Å². The summed E-state index contributed by atoms with van der Waals surface area (Å²) in [6, 6.07) is 20.3. The van der Waals surface area contributed by atoms with Crippen LogP contribution < -0.4 is 5.32 Å². The van der Waals surface area contributed by atoms with Crippen molar-refractivity contribution in [2.45, 2.75) is 12.7 Å². The molecule has 1 aliphatic rings. The van der Waals surface area contributed by atoms with Crippen molar-refractivity contribution < 1.29 is 4.79 Å². The average Bonchev–Trinajstić information content (AvgIpc) is 2.92. The summed E-state index contributed by atoms with van der Waals surface area (Å²) in [4.78, 5) is 14.8. The number of nitrogens with one attached hydrogen (secondary N) is 1. The third-order valence-electron chi connectivity index (χ3n) is 4.58. The molecule has 0 radical (unpaired) electrons. The predicted molar refractivity (Wildman–Crippen MR) is 111 cm³/mol. The summed E-state index contributed by atoms with van der Waals surface area (Å²) in [7, 11) is 0. The molecule has 3 aromatic rings. The Hall–Kier alpha value is -2.20. The van der Waals surface area contributed by atoms with Crippen molar-refractivity contribution in [3.8, 4) is 0 Å². The molecule has 1 N–H and O–H groups in total. The summed E-state index contributed by atoms with van der Waals surface area (Å²) in [5.41, 5.74) is 3.11. The Balaban J connectivity index is 1.74. The highest BCUT2D eigenvalue weighted by Gasteiger charge is 2.36. The van der Waals surface area contributed by atoms with E-state index in [2.05, 4.69) is 5.32 Å². The maximum Gasteiger partial charge on any atom is 0.256 e. The lowest BCUT2D eigenvalue weighted by molar-refractivity contribution is 0.0729. The molecule has 0 aromatic heterocycles.